The van der Waals surface area contributed by atoms with Crippen LogP contribution in [0, 0.1) is 0 Å². The summed E-state index contributed by atoms with van der Waals surface area (Å²) in [6.45, 7) is 10.9. The third-order valence-corrected chi connectivity index (χ3v) is 7.60. The summed E-state index contributed by atoms with van der Waals surface area (Å²) < 4.78 is 19.0. The number of hydrogen-bond donors (Lipinski definition) is 0. The van der Waals surface area contributed by atoms with E-state index < -0.39 is 23.1 Å². The van der Waals surface area contributed by atoms with Gasteiger partial charge in [-0.25, -0.2) is 4.98 Å². The summed E-state index contributed by atoms with van der Waals surface area (Å²) in [5.74, 6) is -0.325. The first-order chi connectivity index (χ1) is 19.7. The van der Waals surface area contributed by atoms with Gasteiger partial charge in [0.15, 0.2) is 0 Å². The van der Waals surface area contributed by atoms with Crippen LogP contribution in [0.1, 0.15) is 59.9 Å². The van der Waals surface area contributed by atoms with Crippen LogP contribution in [0.15, 0.2) is 59.7 Å². The number of carbonyl (C=O) groups excluding carboxylic acids is 2. The summed E-state index contributed by atoms with van der Waals surface area (Å²) in [5, 5.41) is 0.652. The number of benzene rings is 2. The lowest BCUT2D eigenvalue weighted by Gasteiger charge is -2.26. The van der Waals surface area contributed by atoms with Gasteiger partial charge in [-0.2, -0.15) is 0 Å². The average Bonchev–Trinajstić information content (AvgIpc) is 3.36. The number of carbonyl (C=O) groups is 2. The zero-order chi connectivity index (χ0) is 30.7. The van der Waals surface area contributed by atoms with E-state index in [0.29, 0.717) is 33.1 Å². The Morgan fingerprint density at radius 2 is 1.62 bits per heavy atom. The van der Waals surface area contributed by atoms with E-state index in [1.54, 1.807) is 46.8 Å². The number of aryl methyl sites for hydroxylation is 1. The Bertz CT molecular complexity index is 1650. The van der Waals surface area contributed by atoms with Crippen molar-refractivity contribution in [1.29, 1.82) is 0 Å². The minimum absolute atomic E-state index is 0.0532. The van der Waals surface area contributed by atoms with Crippen LogP contribution < -0.4 is 10.3 Å². The number of nitrogens with zero attached hydrogens (tertiary/aromatic N) is 2. The molecule has 0 saturated heterocycles. The predicted octanol–water partition coefficient (Wildman–Crippen LogP) is 7.15. The van der Waals surface area contributed by atoms with Crippen LogP contribution in [-0.4, -0.2) is 39.3 Å². The lowest BCUT2D eigenvalue weighted by atomic mass is 10.1. The van der Waals surface area contributed by atoms with Crippen molar-refractivity contribution in [3.8, 4) is 21.9 Å². The van der Waals surface area contributed by atoms with E-state index in [9.17, 15) is 14.4 Å². The van der Waals surface area contributed by atoms with E-state index in [4.69, 9.17) is 25.8 Å². The molecule has 0 unspecified atom stereocenters. The number of rotatable bonds is 10. The molecule has 0 saturated carbocycles. The quantitative estimate of drug-likeness (QED) is 0.176. The first-order valence-electron chi connectivity index (χ1n) is 13.7. The third-order valence-electron chi connectivity index (χ3n) is 6.19. The maximum atomic E-state index is 13.4. The second-order valence-electron chi connectivity index (χ2n) is 11.5. The van der Waals surface area contributed by atoms with Gasteiger partial charge in [0.25, 0.3) is 5.56 Å². The Morgan fingerprint density at radius 1 is 0.952 bits per heavy atom. The van der Waals surface area contributed by atoms with Gasteiger partial charge in [0.1, 0.15) is 34.6 Å². The maximum Gasteiger partial charge on any atom is 0.307 e. The minimum atomic E-state index is -0.929. The van der Waals surface area contributed by atoms with Gasteiger partial charge in [-0.15, -0.1) is 11.3 Å². The second kappa shape index (κ2) is 12.7. The maximum absolute atomic E-state index is 13.4. The Morgan fingerprint density at radius 3 is 2.26 bits per heavy atom. The van der Waals surface area contributed by atoms with E-state index in [0.717, 1.165) is 16.0 Å². The van der Waals surface area contributed by atoms with Gasteiger partial charge in [0, 0.05) is 9.90 Å². The molecule has 2 aromatic carbocycles. The number of esters is 2. The lowest BCUT2D eigenvalue weighted by Crippen LogP contribution is -2.35. The van der Waals surface area contributed by atoms with Gasteiger partial charge in [-0.3, -0.25) is 19.0 Å². The number of hydrogen-bond acceptors (Lipinski definition) is 8. The molecule has 0 N–H and O–H groups in total. The van der Waals surface area contributed by atoms with Gasteiger partial charge in [-0.1, -0.05) is 30.7 Å². The number of ether oxygens (including phenoxy) is 3. The summed E-state index contributed by atoms with van der Waals surface area (Å²) >= 11 is 7.42. The van der Waals surface area contributed by atoms with Gasteiger partial charge in [0.2, 0.25) is 0 Å². The monoisotopic (exact) mass is 610 g/mol. The second-order valence-corrected chi connectivity index (χ2v) is 13.0. The molecule has 0 amide bonds. The highest BCUT2D eigenvalue weighted by Gasteiger charge is 2.26. The van der Waals surface area contributed by atoms with Crippen LogP contribution in [0.4, 0.5) is 0 Å². The van der Waals surface area contributed by atoms with Crippen LogP contribution in [0.3, 0.4) is 0 Å². The van der Waals surface area contributed by atoms with Crippen molar-refractivity contribution in [2.75, 3.05) is 6.61 Å². The van der Waals surface area contributed by atoms with Crippen LogP contribution in [0.2, 0.25) is 5.02 Å². The largest absolute Gasteiger partial charge is 0.489 e. The smallest absolute Gasteiger partial charge is 0.307 e. The van der Waals surface area contributed by atoms with Gasteiger partial charge < -0.3 is 14.2 Å². The Labute approximate surface area is 254 Å². The molecule has 2 aromatic heterocycles. The van der Waals surface area contributed by atoms with E-state index in [2.05, 4.69) is 4.98 Å². The summed E-state index contributed by atoms with van der Waals surface area (Å²) in [6.07, 6.45) is 2.07. The Balaban J connectivity index is 1.45. The molecule has 0 aliphatic rings. The SMILES string of the molecule is CCc1cc(-n2cnc3cc(-c4ccc(Cl)cc4)sc3c2=O)ccc1OCC(C)(C)OC(=O)CCC(=O)OC(C)(C)C. The van der Waals surface area contributed by atoms with Crippen LogP contribution in [0.5, 0.6) is 5.75 Å². The molecule has 222 valence electrons. The minimum Gasteiger partial charge on any atom is -0.489 e. The molecule has 10 heteroatoms. The number of aromatic nitrogens is 2. The molecule has 2 heterocycles. The summed E-state index contributed by atoms with van der Waals surface area (Å²) in [6, 6.07) is 14.9. The molecule has 0 aliphatic carbocycles. The normalized spacial score (nSPS) is 11.9. The molecular weight excluding hydrogens is 576 g/mol. The predicted molar refractivity (Wildman–Crippen MR) is 166 cm³/mol. The van der Waals surface area contributed by atoms with Crippen molar-refractivity contribution >= 4 is 45.1 Å². The zero-order valence-corrected chi connectivity index (χ0v) is 26.2. The molecular formula is C32H35ClN2O6S. The van der Waals surface area contributed by atoms with Crippen molar-refractivity contribution in [3.63, 3.8) is 0 Å². The molecule has 0 aliphatic heterocycles. The van der Waals surface area contributed by atoms with Crippen LogP contribution in [0.25, 0.3) is 26.3 Å². The van der Waals surface area contributed by atoms with Crippen molar-refractivity contribution in [3.05, 3.63) is 75.8 Å². The molecule has 0 radical (unpaired) electrons. The van der Waals surface area contributed by atoms with Gasteiger partial charge >= 0.3 is 11.9 Å². The lowest BCUT2D eigenvalue weighted by molar-refractivity contribution is -0.164. The first kappa shape index (κ1) is 31.3. The zero-order valence-electron chi connectivity index (χ0n) is 24.7. The molecule has 0 spiro atoms. The highest BCUT2D eigenvalue weighted by molar-refractivity contribution is 7.22. The fraction of sp³-hybridized carbons (Fsp3) is 0.375. The average molecular weight is 611 g/mol. The summed E-state index contributed by atoms with van der Waals surface area (Å²) in [7, 11) is 0. The Hall–Kier alpha value is -3.69. The molecule has 4 rings (SSSR count). The fourth-order valence-electron chi connectivity index (χ4n) is 4.22. The van der Waals surface area contributed by atoms with E-state index in [1.807, 2.05) is 43.3 Å². The van der Waals surface area contributed by atoms with Crippen molar-refractivity contribution < 1.29 is 23.8 Å². The molecule has 0 fully saturated rings. The number of fused-ring (bicyclic) bond motifs is 1. The number of thiophene rings is 1. The molecule has 0 bridgehead atoms. The molecule has 4 aromatic rings. The molecule has 42 heavy (non-hydrogen) atoms. The molecule has 0 atom stereocenters. The summed E-state index contributed by atoms with van der Waals surface area (Å²) in [5.41, 5.74) is 1.49. The van der Waals surface area contributed by atoms with E-state index >= 15 is 0 Å². The Kier molecular flexibility index (Phi) is 9.43. The third kappa shape index (κ3) is 7.98. The topological polar surface area (TPSA) is 96.7 Å². The highest BCUT2D eigenvalue weighted by Crippen LogP contribution is 2.32. The number of halogens is 1. The highest BCUT2D eigenvalue weighted by atomic mass is 35.5. The van der Waals surface area contributed by atoms with Crippen LogP contribution in [-0.2, 0) is 25.5 Å². The summed E-state index contributed by atoms with van der Waals surface area (Å²) in [4.78, 5) is 43.2. The van der Waals surface area contributed by atoms with Gasteiger partial charge in [0.05, 0.1) is 24.0 Å². The first-order valence-corrected chi connectivity index (χ1v) is 14.9. The van der Waals surface area contributed by atoms with Crippen molar-refractivity contribution in [1.82, 2.24) is 9.55 Å². The standard InChI is InChI=1S/C32H35ClN2O6S/c1-7-20-16-23(35-19-34-24-17-26(42-29(24)30(35)38)21-8-10-22(33)11-9-21)12-13-25(20)39-18-32(5,6)41-28(37)15-14-27(36)40-31(2,3)4/h8-13,16-17,19H,7,14-15,18H2,1-6H3. The van der Waals surface area contributed by atoms with E-state index in [1.165, 1.54) is 22.2 Å². The molecule has 8 nitrogen and oxygen atoms in total. The van der Waals surface area contributed by atoms with Gasteiger partial charge in [-0.05, 0) is 88.6 Å². The van der Waals surface area contributed by atoms with E-state index in [-0.39, 0.29) is 25.0 Å². The van der Waals surface area contributed by atoms with Crippen molar-refractivity contribution in [2.24, 2.45) is 0 Å². The van der Waals surface area contributed by atoms with Crippen LogP contribution >= 0.6 is 22.9 Å². The van der Waals surface area contributed by atoms with Crippen molar-refractivity contribution in [2.45, 2.75) is 72.0 Å². The fourth-order valence-corrected chi connectivity index (χ4v) is 5.39.